The molecule has 0 aliphatic heterocycles. The van der Waals surface area contributed by atoms with Crippen molar-refractivity contribution in [2.24, 2.45) is 0 Å². The summed E-state index contributed by atoms with van der Waals surface area (Å²) in [5.74, 6) is 0.930. The molecule has 50 heavy (non-hydrogen) atoms. The summed E-state index contributed by atoms with van der Waals surface area (Å²) in [5.41, 5.74) is 12.5. The highest BCUT2D eigenvalue weighted by molar-refractivity contribution is 5.98. The van der Waals surface area contributed by atoms with Crippen molar-refractivity contribution in [1.82, 2.24) is 14.5 Å². The van der Waals surface area contributed by atoms with E-state index in [9.17, 15) is 5.11 Å². The minimum absolute atomic E-state index is 0.100. The molecular formula is C46H53N3O. The van der Waals surface area contributed by atoms with Crippen molar-refractivity contribution < 1.29 is 5.11 Å². The number of aromatic nitrogens is 3. The average Bonchev–Trinajstić information content (AvgIpc) is 3.42. The fourth-order valence-electron chi connectivity index (χ4n) is 7.18. The normalized spacial score (nSPS) is 12.9. The summed E-state index contributed by atoms with van der Waals surface area (Å²) in [4.78, 5) is 10.4. The van der Waals surface area contributed by atoms with E-state index in [1.807, 2.05) is 30.5 Å². The Morgan fingerprint density at radius 1 is 0.500 bits per heavy atom. The monoisotopic (exact) mass is 663 g/mol. The minimum Gasteiger partial charge on any atom is -0.507 e. The molecule has 0 saturated carbocycles. The van der Waals surface area contributed by atoms with Gasteiger partial charge in [-0.3, -0.25) is 9.55 Å². The van der Waals surface area contributed by atoms with Gasteiger partial charge >= 0.3 is 0 Å². The molecular weight excluding hydrogens is 611 g/mol. The molecule has 4 nitrogen and oxygen atoms in total. The van der Waals surface area contributed by atoms with Crippen LogP contribution in [0.25, 0.3) is 50.5 Å². The number of phenolic OH excluding ortho intramolecular Hbond substituents is 1. The third-order valence-electron chi connectivity index (χ3n) is 9.71. The van der Waals surface area contributed by atoms with Gasteiger partial charge in [-0.1, -0.05) is 138 Å². The highest BCUT2D eigenvalue weighted by Crippen LogP contribution is 2.46. The van der Waals surface area contributed by atoms with Gasteiger partial charge in [0.1, 0.15) is 11.6 Å². The zero-order valence-electron chi connectivity index (χ0n) is 32.0. The van der Waals surface area contributed by atoms with E-state index in [1.54, 1.807) is 6.07 Å². The van der Waals surface area contributed by atoms with Crippen molar-refractivity contribution in [1.29, 1.82) is 0 Å². The lowest BCUT2D eigenvalue weighted by molar-refractivity contribution is 0.477. The molecule has 6 aromatic rings. The number of hydrogen-bond acceptors (Lipinski definition) is 3. The summed E-state index contributed by atoms with van der Waals surface area (Å²) in [6.07, 6.45) is 1.87. The van der Waals surface area contributed by atoms with Crippen LogP contribution in [0.15, 0.2) is 97.2 Å². The van der Waals surface area contributed by atoms with Crippen LogP contribution in [-0.2, 0) is 21.7 Å². The Morgan fingerprint density at radius 3 is 1.60 bits per heavy atom. The molecule has 0 spiro atoms. The van der Waals surface area contributed by atoms with Crippen LogP contribution in [0.2, 0.25) is 0 Å². The van der Waals surface area contributed by atoms with Crippen LogP contribution in [0.3, 0.4) is 0 Å². The van der Waals surface area contributed by atoms with Gasteiger partial charge in [-0.15, -0.1) is 0 Å². The number of imidazole rings is 1. The van der Waals surface area contributed by atoms with Crippen LogP contribution in [0.4, 0.5) is 0 Å². The van der Waals surface area contributed by atoms with Crippen molar-refractivity contribution in [3.8, 4) is 45.2 Å². The lowest BCUT2D eigenvalue weighted by atomic mass is 9.74. The smallest absolute Gasteiger partial charge is 0.149 e. The van der Waals surface area contributed by atoms with Crippen LogP contribution < -0.4 is 0 Å². The maximum Gasteiger partial charge on any atom is 0.149 e. The first-order valence-corrected chi connectivity index (χ1v) is 17.8. The van der Waals surface area contributed by atoms with Gasteiger partial charge in [0.15, 0.2) is 0 Å². The predicted molar refractivity (Wildman–Crippen MR) is 212 cm³/mol. The van der Waals surface area contributed by atoms with E-state index in [0.717, 1.165) is 44.9 Å². The average molecular weight is 664 g/mol. The van der Waals surface area contributed by atoms with Crippen molar-refractivity contribution in [3.63, 3.8) is 0 Å². The van der Waals surface area contributed by atoms with Crippen LogP contribution in [0.5, 0.6) is 5.75 Å². The van der Waals surface area contributed by atoms with Gasteiger partial charge in [0.05, 0.1) is 28.0 Å². The summed E-state index contributed by atoms with van der Waals surface area (Å²) in [6.45, 7) is 27.3. The topological polar surface area (TPSA) is 50.9 Å². The summed E-state index contributed by atoms with van der Waals surface area (Å²) in [5, 5.41) is 11.4. The molecule has 2 heterocycles. The zero-order chi connectivity index (χ0) is 36.4. The first-order chi connectivity index (χ1) is 23.3. The van der Waals surface area contributed by atoms with Crippen molar-refractivity contribution >= 4 is 11.0 Å². The number of nitrogens with zero attached hydrogens (tertiary/aromatic N) is 3. The van der Waals surface area contributed by atoms with Crippen LogP contribution in [-0.4, -0.2) is 19.6 Å². The number of para-hydroxylation sites is 3. The number of rotatable bonds is 4. The van der Waals surface area contributed by atoms with Crippen LogP contribution in [0, 0.1) is 0 Å². The van der Waals surface area contributed by atoms with Gasteiger partial charge < -0.3 is 5.11 Å². The van der Waals surface area contributed by atoms with Gasteiger partial charge in [0.2, 0.25) is 0 Å². The number of aromatic hydroxyl groups is 1. The van der Waals surface area contributed by atoms with E-state index < -0.39 is 0 Å². The second kappa shape index (κ2) is 12.3. The van der Waals surface area contributed by atoms with Crippen molar-refractivity contribution in [2.45, 2.75) is 105 Å². The molecule has 0 bridgehead atoms. The van der Waals surface area contributed by atoms with Gasteiger partial charge in [-0.2, -0.15) is 0 Å². The van der Waals surface area contributed by atoms with E-state index >= 15 is 0 Å². The molecule has 0 atom stereocenters. The lowest BCUT2D eigenvalue weighted by Gasteiger charge is -2.31. The van der Waals surface area contributed by atoms with E-state index in [2.05, 4.69) is 148 Å². The Hall–Kier alpha value is -4.70. The number of hydrogen-bond donors (Lipinski definition) is 1. The molecule has 4 heteroatoms. The SMILES string of the molecule is CC(C)(C)c1cc(C(C)(C)C)c(-c2cccc3c2nc(-c2ccccc2O)n3-c2c(C(C)(C)C)cccc2C(C)(C)C)cc1-c1ccccn1. The Balaban J connectivity index is 1.81. The number of benzene rings is 4. The number of pyridine rings is 1. The number of phenols is 1. The van der Waals surface area contributed by atoms with E-state index in [0.29, 0.717) is 5.56 Å². The molecule has 0 fully saturated rings. The van der Waals surface area contributed by atoms with Crippen molar-refractivity contribution in [2.75, 3.05) is 0 Å². The van der Waals surface area contributed by atoms with E-state index in [-0.39, 0.29) is 27.4 Å². The maximum atomic E-state index is 11.4. The minimum atomic E-state index is -0.152. The van der Waals surface area contributed by atoms with Gasteiger partial charge in [-0.05, 0) is 85.9 Å². The Labute approximate surface area is 299 Å². The van der Waals surface area contributed by atoms with E-state index in [1.165, 1.54) is 22.3 Å². The molecule has 258 valence electrons. The second-order valence-corrected chi connectivity index (χ2v) is 17.8. The van der Waals surface area contributed by atoms with Gasteiger partial charge in [-0.25, -0.2) is 4.98 Å². The molecule has 0 saturated heterocycles. The summed E-state index contributed by atoms with van der Waals surface area (Å²) < 4.78 is 2.31. The van der Waals surface area contributed by atoms with Gasteiger partial charge in [0.25, 0.3) is 0 Å². The Morgan fingerprint density at radius 2 is 1.04 bits per heavy atom. The summed E-state index contributed by atoms with van der Waals surface area (Å²) in [6, 6.07) is 31.7. The molecule has 0 aliphatic rings. The molecule has 6 rings (SSSR count). The molecule has 0 aliphatic carbocycles. The number of fused-ring (bicyclic) bond motifs is 1. The van der Waals surface area contributed by atoms with E-state index in [4.69, 9.17) is 9.97 Å². The fraction of sp³-hybridized carbons (Fsp3) is 0.348. The predicted octanol–water partition coefficient (Wildman–Crippen LogP) is 12.3. The zero-order valence-corrected chi connectivity index (χ0v) is 32.0. The largest absolute Gasteiger partial charge is 0.507 e. The van der Waals surface area contributed by atoms with Crippen molar-refractivity contribution in [3.05, 3.63) is 119 Å². The van der Waals surface area contributed by atoms with Crippen LogP contribution in [0.1, 0.15) is 105 Å². The third-order valence-corrected chi connectivity index (χ3v) is 9.71. The van der Waals surface area contributed by atoms with Crippen LogP contribution >= 0.6 is 0 Å². The highest BCUT2D eigenvalue weighted by atomic mass is 16.3. The molecule has 0 amide bonds. The molecule has 4 aromatic carbocycles. The second-order valence-electron chi connectivity index (χ2n) is 17.8. The molecule has 1 N–H and O–H groups in total. The Bertz CT molecular complexity index is 2160. The third kappa shape index (κ3) is 6.37. The molecule has 0 unspecified atom stereocenters. The molecule has 2 aromatic heterocycles. The standard InChI is InChI=1S/C46H53N3O/c1-43(2,3)33-21-18-22-34(44(4,5)6)41(33)49-38-24-17-20-29(40(38)48-42(49)30-19-13-14-25-39(30)50)31-27-32(37-23-15-16-26-47-37)36(46(10,11)12)28-35(31)45(7,8)9/h13-28,50H,1-12H3. The first-order valence-electron chi connectivity index (χ1n) is 17.8. The summed E-state index contributed by atoms with van der Waals surface area (Å²) in [7, 11) is 0. The summed E-state index contributed by atoms with van der Waals surface area (Å²) >= 11 is 0. The molecule has 0 radical (unpaired) electrons. The maximum absolute atomic E-state index is 11.4. The lowest BCUT2D eigenvalue weighted by Crippen LogP contribution is -2.22. The first kappa shape index (κ1) is 35.1. The quantitative estimate of drug-likeness (QED) is 0.204. The Kier molecular flexibility index (Phi) is 8.62. The van der Waals surface area contributed by atoms with Gasteiger partial charge in [0, 0.05) is 17.3 Å². The highest BCUT2D eigenvalue weighted by Gasteiger charge is 2.32. The fourth-order valence-corrected chi connectivity index (χ4v) is 7.18.